The number of aryl methyl sites for hydroxylation is 1. The molecule has 1 aromatic carbocycles. The normalized spacial score (nSPS) is 16.0. The molecule has 2 rings (SSSR count). The van der Waals surface area contributed by atoms with Gasteiger partial charge in [0.1, 0.15) is 0 Å². The molecule has 0 radical (unpaired) electrons. The van der Waals surface area contributed by atoms with E-state index in [2.05, 4.69) is 48.3 Å². The van der Waals surface area contributed by atoms with Gasteiger partial charge in [0, 0.05) is 37.0 Å². The van der Waals surface area contributed by atoms with E-state index in [1.165, 1.54) is 11.3 Å². The summed E-state index contributed by atoms with van der Waals surface area (Å²) < 4.78 is 0. The van der Waals surface area contributed by atoms with Crippen molar-refractivity contribution in [3.05, 3.63) is 29.8 Å². The number of nitrogens with zero attached hydrogens (tertiary/aromatic N) is 1. The van der Waals surface area contributed by atoms with Gasteiger partial charge in [0.2, 0.25) is 5.91 Å². The summed E-state index contributed by atoms with van der Waals surface area (Å²) in [6, 6.07) is 9.01. The van der Waals surface area contributed by atoms with Gasteiger partial charge in [-0.05, 0) is 43.2 Å². The quantitative estimate of drug-likeness (QED) is 0.819. The Morgan fingerprint density at radius 3 is 2.81 bits per heavy atom. The average molecular weight is 306 g/mol. The predicted molar refractivity (Wildman–Crippen MR) is 92.2 cm³/mol. The van der Waals surface area contributed by atoms with Crippen LogP contribution < -0.4 is 10.2 Å². The molecule has 116 valence electrons. The molecule has 1 heterocycles. The third-order valence-corrected chi connectivity index (χ3v) is 4.81. The molecule has 0 aliphatic carbocycles. The highest BCUT2D eigenvalue weighted by Gasteiger charge is 2.20. The summed E-state index contributed by atoms with van der Waals surface area (Å²) in [6.45, 7) is 6.31. The number of carbonyl (C=O) groups is 1. The lowest BCUT2D eigenvalue weighted by Gasteiger charge is -2.34. The number of carbonyl (C=O) groups excluding carboxylic acids is 1. The molecule has 4 heteroatoms. The Morgan fingerprint density at radius 2 is 2.14 bits per heavy atom. The summed E-state index contributed by atoms with van der Waals surface area (Å²) in [5, 5.41) is 3.18. The maximum atomic E-state index is 11.8. The van der Waals surface area contributed by atoms with Crippen molar-refractivity contribution in [1.82, 2.24) is 5.32 Å². The lowest BCUT2D eigenvalue weighted by Crippen LogP contribution is -2.44. The van der Waals surface area contributed by atoms with Gasteiger partial charge in [-0.1, -0.05) is 19.1 Å². The van der Waals surface area contributed by atoms with Crippen LogP contribution in [0.15, 0.2) is 24.3 Å². The summed E-state index contributed by atoms with van der Waals surface area (Å²) in [7, 11) is 0. The van der Waals surface area contributed by atoms with Crippen molar-refractivity contribution in [2.45, 2.75) is 39.2 Å². The number of rotatable bonds is 6. The number of anilines is 1. The zero-order chi connectivity index (χ0) is 15.1. The maximum absolute atomic E-state index is 11.8. The summed E-state index contributed by atoms with van der Waals surface area (Å²) in [5.41, 5.74) is 2.61. The Morgan fingerprint density at radius 1 is 1.38 bits per heavy atom. The monoisotopic (exact) mass is 306 g/mol. The van der Waals surface area contributed by atoms with Crippen molar-refractivity contribution in [3.8, 4) is 0 Å². The number of piperidine rings is 1. The van der Waals surface area contributed by atoms with Crippen molar-refractivity contribution in [3.63, 3.8) is 0 Å². The number of hydrogen-bond donors (Lipinski definition) is 1. The molecule has 0 atom stereocenters. The van der Waals surface area contributed by atoms with Crippen LogP contribution in [-0.2, 0) is 4.79 Å². The van der Waals surface area contributed by atoms with E-state index in [0.29, 0.717) is 12.5 Å². The Kier molecular flexibility index (Phi) is 6.43. The molecule has 1 fully saturated rings. The minimum Gasteiger partial charge on any atom is -0.371 e. The Balaban J connectivity index is 1.74. The van der Waals surface area contributed by atoms with E-state index in [1.54, 1.807) is 0 Å². The molecule has 3 nitrogen and oxygen atoms in total. The fourth-order valence-corrected chi connectivity index (χ4v) is 3.33. The number of nitrogens with one attached hydrogen (secondary N) is 1. The molecule has 1 aliphatic heterocycles. The first-order valence-electron chi connectivity index (χ1n) is 7.87. The topological polar surface area (TPSA) is 32.3 Å². The molecular weight excluding hydrogens is 280 g/mol. The molecular formula is C17H26N2OS. The van der Waals surface area contributed by atoms with Gasteiger partial charge in [-0.2, -0.15) is 11.8 Å². The lowest BCUT2D eigenvalue weighted by atomic mass is 10.0. The van der Waals surface area contributed by atoms with Gasteiger partial charge >= 0.3 is 0 Å². The van der Waals surface area contributed by atoms with Crippen LogP contribution in [-0.4, -0.2) is 36.5 Å². The first-order valence-corrected chi connectivity index (χ1v) is 9.03. The summed E-state index contributed by atoms with van der Waals surface area (Å²) in [4.78, 5) is 14.3. The van der Waals surface area contributed by atoms with Gasteiger partial charge < -0.3 is 10.2 Å². The third-order valence-electron chi connectivity index (χ3n) is 3.90. The first kappa shape index (κ1) is 16.2. The van der Waals surface area contributed by atoms with Gasteiger partial charge in [-0.15, -0.1) is 0 Å². The van der Waals surface area contributed by atoms with Crippen LogP contribution in [0.25, 0.3) is 0 Å². The predicted octanol–water partition coefficient (Wildman–Crippen LogP) is 3.22. The van der Waals surface area contributed by atoms with Gasteiger partial charge in [0.05, 0.1) is 0 Å². The zero-order valence-electron chi connectivity index (χ0n) is 13.1. The molecule has 0 aromatic heterocycles. The molecule has 1 saturated heterocycles. The highest BCUT2D eigenvalue weighted by molar-refractivity contribution is 7.99. The molecule has 1 aromatic rings. The smallest absolute Gasteiger partial charge is 0.221 e. The molecule has 1 N–H and O–H groups in total. The fraction of sp³-hybridized carbons (Fsp3) is 0.588. The number of thioether (sulfide) groups is 1. The second kappa shape index (κ2) is 8.32. The van der Waals surface area contributed by atoms with E-state index in [-0.39, 0.29) is 5.91 Å². The average Bonchev–Trinajstić information content (AvgIpc) is 2.48. The molecule has 0 saturated carbocycles. The standard InChI is InChI=1S/C17H26N2OS/c1-3-21-12-9-17(20)18-15-7-10-19(11-8-15)16-6-4-5-14(2)13-16/h4-6,13,15H,3,7-12H2,1-2H3,(H,18,20). The second-order valence-electron chi connectivity index (χ2n) is 5.61. The molecule has 1 aliphatic rings. The van der Waals surface area contributed by atoms with Crippen LogP contribution in [0, 0.1) is 6.92 Å². The minimum absolute atomic E-state index is 0.213. The van der Waals surface area contributed by atoms with Crippen molar-refractivity contribution in [2.24, 2.45) is 0 Å². The summed E-state index contributed by atoms with van der Waals surface area (Å²) in [6.07, 6.45) is 2.73. The van der Waals surface area contributed by atoms with Gasteiger partial charge in [-0.3, -0.25) is 4.79 Å². The third kappa shape index (κ3) is 5.27. The summed E-state index contributed by atoms with van der Waals surface area (Å²) >= 11 is 1.83. The van der Waals surface area contributed by atoms with Crippen molar-refractivity contribution >= 4 is 23.4 Å². The van der Waals surface area contributed by atoms with Crippen molar-refractivity contribution < 1.29 is 4.79 Å². The molecule has 0 unspecified atom stereocenters. The van der Waals surface area contributed by atoms with E-state index in [9.17, 15) is 4.79 Å². The number of benzene rings is 1. The molecule has 1 amide bonds. The minimum atomic E-state index is 0.213. The van der Waals surface area contributed by atoms with Gasteiger partial charge in [0.15, 0.2) is 0 Å². The van der Waals surface area contributed by atoms with Crippen LogP contribution >= 0.6 is 11.8 Å². The van der Waals surface area contributed by atoms with Gasteiger partial charge in [0.25, 0.3) is 0 Å². The first-order chi connectivity index (χ1) is 10.2. The molecule has 0 spiro atoms. The Hall–Kier alpha value is -1.16. The van der Waals surface area contributed by atoms with E-state index in [1.807, 2.05) is 11.8 Å². The van der Waals surface area contributed by atoms with Crippen LogP contribution in [0.1, 0.15) is 31.7 Å². The SMILES string of the molecule is CCSCCC(=O)NC1CCN(c2cccc(C)c2)CC1. The van der Waals surface area contributed by atoms with E-state index < -0.39 is 0 Å². The van der Waals surface area contributed by atoms with Crippen LogP contribution in [0.3, 0.4) is 0 Å². The number of amides is 1. The van der Waals surface area contributed by atoms with Gasteiger partial charge in [-0.25, -0.2) is 0 Å². The van der Waals surface area contributed by atoms with E-state index in [0.717, 1.165) is 37.4 Å². The van der Waals surface area contributed by atoms with E-state index in [4.69, 9.17) is 0 Å². The zero-order valence-corrected chi connectivity index (χ0v) is 13.9. The summed E-state index contributed by atoms with van der Waals surface area (Å²) in [5.74, 6) is 2.23. The Bertz CT molecular complexity index is 456. The highest BCUT2D eigenvalue weighted by atomic mass is 32.2. The Labute approximate surface area is 132 Å². The lowest BCUT2D eigenvalue weighted by molar-refractivity contribution is -0.121. The van der Waals surface area contributed by atoms with Crippen LogP contribution in [0.4, 0.5) is 5.69 Å². The van der Waals surface area contributed by atoms with E-state index >= 15 is 0 Å². The second-order valence-corrected chi connectivity index (χ2v) is 7.01. The largest absolute Gasteiger partial charge is 0.371 e. The van der Waals surface area contributed by atoms with Crippen molar-refractivity contribution in [1.29, 1.82) is 0 Å². The highest BCUT2D eigenvalue weighted by Crippen LogP contribution is 2.21. The molecule has 0 bridgehead atoms. The van der Waals surface area contributed by atoms with Crippen LogP contribution in [0.2, 0.25) is 0 Å². The fourth-order valence-electron chi connectivity index (χ4n) is 2.72. The number of hydrogen-bond acceptors (Lipinski definition) is 3. The van der Waals surface area contributed by atoms with Crippen molar-refractivity contribution in [2.75, 3.05) is 29.5 Å². The maximum Gasteiger partial charge on any atom is 0.221 e. The van der Waals surface area contributed by atoms with Crippen LogP contribution in [0.5, 0.6) is 0 Å². The molecule has 21 heavy (non-hydrogen) atoms.